The third kappa shape index (κ3) is 2.40. The summed E-state index contributed by atoms with van der Waals surface area (Å²) in [5.41, 5.74) is -0.304. The van der Waals surface area contributed by atoms with E-state index < -0.39 is 18.2 Å². The van der Waals surface area contributed by atoms with Crippen molar-refractivity contribution >= 4 is 0 Å². The van der Waals surface area contributed by atoms with Crippen LogP contribution in [0.5, 0.6) is 0 Å². The Balaban J connectivity index is 2.37. The van der Waals surface area contributed by atoms with Gasteiger partial charge in [-0.05, 0) is 26.7 Å². The zero-order valence-electron chi connectivity index (χ0n) is 13.3. The van der Waals surface area contributed by atoms with Crippen LogP contribution < -0.4 is 5.32 Å². The van der Waals surface area contributed by atoms with Crippen LogP contribution in [0.1, 0.15) is 53.9 Å². The lowest BCUT2D eigenvalue weighted by molar-refractivity contribution is -0.317. The highest BCUT2D eigenvalue weighted by atomic mass is 16.8. The molecule has 2 fully saturated rings. The van der Waals surface area contributed by atoms with Crippen LogP contribution in [0.4, 0.5) is 0 Å². The van der Waals surface area contributed by atoms with Gasteiger partial charge in [0.05, 0.1) is 0 Å². The van der Waals surface area contributed by atoms with E-state index >= 15 is 0 Å². The van der Waals surface area contributed by atoms with E-state index in [1.54, 1.807) is 0 Å². The molecular formula is C15H28NO4. The van der Waals surface area contributed by atoms with Crippen molar-refractivity contribution in [3.05, 3.63) is 0 Å². The Morgan fingerprint density at radius 3 is 2.40 bits per heavy atom. The van der Waals surface area contributed by atoms with Crippen molar-refractivity contribution in [2.24, 2.45) is 5.92 Å². The third-order valence-electron chi connectivity index (χ3n) is 5.49. The minimum absolute atomic E-state index is 0.0296. The molecule has 5 nitrogen and oxygen atoms in total. The maximum Gasteiger partial charge on any atom is 0.251 e. The first-order chi connectivity index (χ1) is 9.17. The Morgan fingerprint density at radius 2 is 1.95 bits per heavy atom. The smallest absolute Gasteiger partial charge is 0.251 e. The molecule has 2 N–H and O–H groups in total. The van der Waals surface area contributed by atoms with Crippen molar-refractivity contribution in [1.29, 1.82) is 0 Å². The Labute approximate surface area is 121 Å². The number of aliphatic hydroxyl groups excluding tert-OH is 1. The second kappa shape index (κ2) is 4.92. The number of nitrogens with one attached hydrogen (secondary N) is 1. The fourth-order valence-electron chi connectivity index (χ4n) is 3.62. The number of hydrogen-bond donors (Lipinski definition) is 2. The summed E-state index contributed by atoms with van der Waals surface area (Å²) in [6, 6.07) is 0. The third-order valence-corrected chi connectivity index (χ3v) is 5.49. The molecule has 0 amide bonds. The number of aliphatic hydroxyl groups is 1. The Kier molecular flexibility index (Phi) is 3.98. The summed E-state index contributed by atoms with van der Waals surface area (Å²) in [6.07, 6.45) is 2.47. The molecular weight excluding hydrogens is 258 g/mol. The molecule has 20 heavy (non-hydrogen) atoms. The molecule has 0 saturated carbocycles. The van der Waals surface area contributed by atoms with Crippen LogP contribution in [0.3, 0.4) is 0 Å². The summed E-state index contributed by atoms with van der Waals surface area (Å²) in [7, 11) is 0. The van der Waals surface area contributed by atoms with Gasteiger partial charge < -0.3 is 19.9 Å². The molecule has 2 aliphatic heterocycles. The molecule has 5 atom stereocenters. The van der Waals surface area contributed by atoms with Crippen LogP contribution in [-0.4, -0.2) is 41.0 Å². The van der Waals surface area contributed by atoms with Crippen molar-refractivity contribution in [3.8, 4) is 0 Å². The quantitative estimate of drug-likeness (QED) is 0.830. The van der Waals surface area contributed by atoms with E-state index in [-0.39, 0.29) is 23.6 Å². The number of ether oxygens (including phenoxy) is 2. The van der Waals surface area contributed by atoms with E-state index in [1.165, 1.54) is 0 Å². The minimum atomic E-state index is -1.82. The topological polar surface area (TPSA) is 70.6 Å². The van der Waals surface area contributed by atoms with E-state index in [4.69, 9.17) is 9.47 Å². The van der Waals surface area contributed by atoms with E-state index in [0.29, 0.717) is 6.42 Å². The van der Waals surface area contributed by atoms with E-state index in [9.17, 15) is 10.2 Å². The van der Waals surface area contributed by atoms with Crippen molar-refractivity contribution < 1.29 is 19.7 Å². The summed E-state index contributed by atoms with van der Waals surface area (Å²) in [5.74, 6) is -2.69. The van der Waals surface area contributed by atoms with Gasteiger partial charge >= 0.3 is 0 Å². The van der Waals surface area contributed by atoms with Gasteiger partial charge in [-0.25, -0.2) is 0 Å². The summed E-state index contributed by atoms with van der Waals surface area (Å²) in [6.45, 7) is 9.97. The molecule has 117 valence electrons. The largest absolute Gasteiger partial charge is 0.391 e. The standard InChI is InChI=1S/C15H28NO4/c1-6-12(4)8-15(11(3)13(5,7-2)16-12)19-10-14(18,9-17)20-15/h11,16-17H,6-10H2,1-5H3. The average molecular weight is 286 g/mol. The summed E-state index contributed by atoms with van der Waals surface area (Å²) in [4.78, 5) is 0. The lowest BCUT2D eigenvalue weighted by atomic mass is 9.68. The predicted molar refractivity (Wildman–Crippen MR) is 74.6 cm³/mol. The van der Waals surface area contributed by atoms with Gasteiger partial charge in [0, 0.05) is 23.4 Å². The Bertz CT molecular complexity index is 379. The zero-order valence-corrected chi connectivity index (χ0v) is 13.3. The number of rotatable bonds is 3. The first kappa shape index (κ1) is 16.2. The van der Waals surface area contributed by atoms with Gasteiger partial charge in [0.2, 0.25) is 0 Å². The van der Waals surface area contributed by atoms with Gasteiger partial charge in [-0.1, -0.05) is 20.8 Å². The molecule has 2 rings (SSSR count). The molecule has 1 spiro atoms. The van der Waals surface area contributed by atoms with Gasteiger partial charge in [0.15, 0.2) is 5.79 Å². The SMILES string of the molecule is CCC1(C)CC2(OCC([O])(CO)O2)C(C)C(C)(CC)N1. The fourth-order valence-corrected chi connectivity index (χ4v) is 3.62. The van der Waals surface area contributed by atoms with Crippen LogP contribution in [0.25, 0.3) is 0 Å². The molecule has 0 bridgehead atoms. The van der Waals surface area contributed by atoms with Gasteiger partial charge in [0.1, 0.15) is 13.2 Å². The Hall–Kier alpha value is -0.200. The number of hydrogen-bond acceptors (Lipinski definition) is 4. The van der Waals surface area contributed by atoms with Crippen LogP contribution >= 0.6 is 0 Å². The van der Waals surface area contributed by atoms with Crippen molar-refractivity contribution in [1.82, 2.24) is 5.32 Å². The molecule has 2 heterocycles. The highest BCUT2D eigenvalue weighted by Crippen LogP contribution is 2.50. The van der Waals surface area contributed by atoms with Gasteiger partial charge in [-0.15, -0.1) is 0 Å². The second-order valence-corrected chi connectivity index (χ2v) is 6.98. The minimum Gasteiger partial charge on any atom is -0.391 e. The Morgan fingerprint density at radius 1 is 1.30 bits per heavy atom. The normalized spacial score (nSPS) is 52.6. The van der Waals surface area contributed by atoms with Crippen LogP contribution in [0.15, 0.2) is 0 Å². The summed E-state index contributed by atoms with van der Waals surface area (Å²) in [5, 5.41) is 25.3. The molecule has 0 aromatic carbocycles. The molecule has 5 unspecified atom stereocenters. The van der Waals surface area contributed by atoms with Crippen molar-refractivity contribution in [2.75, 3.05) is 13.2 Å². The first-order valence-electron chi connectivity index (χ1n) is 7.61. The van der Waals surface area contributed by atoms with E-state index in [1.807, 2.05) is 0 Å². The second-order valence-electron chi connectivity index (χ2n) is 6.98. The zero-order chi connectivity index (χ0) is 15.2. The average Bonchev–Trinajstić information content (AvgIpc) is 2.75. The van der Waals surface area contributed by atoms with Gasteiger partial charge in [0.25, 0.3) is 5.79 Å². The molecule has 1 radical (unpaired) electrons. The molecule has 0 aromatic rings. The van der Waals surface area contributed by atoms with Crippen LogP contribution in [0, 0.1) is 5.92 Å². The maximum atomic E-state index is 12.3. The van der Waals surface area contributed by atoms with E-state index in [2.05, 4.69) is 39.9 Å². The molecule has 0 aliphatic carbocycles. The maximum absolute atomic E-state index is 12.3. The highest BCUT2D eigenvalue weighted by molar-refractivity contribution is 5.10. The van der Waals surface area contributed by atoms with Crippen LogP contribution in [-0.2, 0) is 14.6 Å². The van der Waals surface area contributed by atoms with Crippen LogP contribution in [0.2, 0.25) is 0 Å². The molecule has 2 saturated heterocycles. The first-order valence-corrected chi connectivity index (χ1v) is 7.61. The monoisotopic (exact) mass is 286 g/mol. The molecule has 2 aliphatic rings. The van der Waals surface area contributed by atoms with Crippen molar-refractivity contribution in [3.63, 3.8) is 0 Å². The summed E-state index contributed by atoms with van der Waals surface area (Å²) >= 11 is 0. The van der Waals surface area contributed by atoms with Gasteiger partial charge in [-0.2, -0.15) is 5.11 Å². The summed E-state index contributed by atoms with van der Waals surface area (Å²) < 4.78 is 11.6. The molecule has 5 heteroatoms. The van der Waals surface area contributed by atoms with Gasteiger partial charge in [-0.3, -0.25) is 0 Å². The molecule has 0 aromatic heterocycles. The number of piperidine rings is 1. The predicted octanol–water partition coefficient (Wildman–Crippen LogP) is 1.82. The highest BCUT2D eigenvalue weighted by Gasteiger charge is 2.62. The lowest BCUT2D eigenvalue weighted by Crippen LogP contribution is -2.70. The lowest BCUT2D eigenvalue weighted by Gasteiger charge is -2.56. The van der Waals surface area contributed by atoms with E-state index in [0.717, 1.165) is 12.8 Å². The van der Waals surface area contributed by atoms with Crippen molar-refractivity contribution in [2.45, 2.75) is 76.5 Å². The fraction of sp³-hybridized carbons (Fsp3) is 1.00.